The highest BCUT2D eigenvalue weighted by molar-refractivity contribution is 9.09. The van der Waals surface area contributed by atoms with Crippen LogP contribution < -0.4 is 0 Å². The van der Waals surface area contributed by atoms with Crippen LogP contribution in [0, 0.1) is 11.6 Å². The smallest absolute Gasteiger partial charge is 0.127 e. The molecule has 0 nitrogen and oxygen atoms in total. The average molecular weight is 439 g/mol. The number of halogens is 5. The van der Waals surface area contributed by atoms with Crippen LogP contribution in [-0.2, 0) is 11.8 Å². The van der Waals surface area contributed by atoms with Crippen molar-refractivity contribution in [2.24, 2.45) is 0 Å². The zero-order valence-corrected chi connectivity index (χ0v) is 15.0. The Morgan fingerprint density at radius 3 is 2.10 bits per heavy atom. The van der Waals surface area contributed by atoms with E-state index >= 15 is 0 Å². The Balaban J connectivity index is 2.51. The molecule has 0 aliphatic rings. The first kappa shape index (κ1) is 16.9. The van der Waals surface area contributed by atoms with Crippen molar-refractivity contribution in [2.45, 2.75) is 11.8 Å². The van der Waals surface area contributed by atoms with Crippen LogP contribution in [0.25, 0.3) is 0 Å². The Morgan fingerprint density at radius 2 is 1.52 bits per heavy atom. The third-order valence-electron chi connectivity index (χ3n) is 3.53. The lowest BCUT2D eigenvalue weighted by Crippen LogP contribution is -2.34. The normalized spacial score (nSPS) is 11.7. The molecule has 2 aromatic rings. The van der Waals surface area contributed by atoms with Crippen LogP contribution in [0.2, 0.25) is 5.02 Å². The summed E-state index contributed by atoms with van der Waals surface area (Å²) in [5.41, 5.74) is 0.330. The summed E-state index contributed by atoms with van der Waals surface area (Å²) in [6.45, 7) is 0. The van der Waals surface area contributed by atoms with Gasteiger partial charge in [0.15, 0.2) is 0 Å². The summed E-state index contributed by atoms with van der Waals surface area (Å²) < 4.78 is 28.3. The molecule has 0 unspecified atom stereocenters. The molecule has 2 rings (SSSR count). The number of benzene rings is 2. The lowest BCUT2D eigenvalue weighted by molar-refractivity contribution is 0.487. The molecule has 21 heavy (non-hydrogen) atoms. The topological polar surface area (TPSA) is 0 Å². The molecule has 0 amide bonds. The predicted octanol–water partition coefficient (Wildman–Crippen LogP) is 5.89. The van der Waals surface area contributed by atoms with Gasteiger partial charge >= 0.3 is 0 Å². The minimum absolute atomic E-state index is 0.302. The van der Waals surface area contributed by atoms with E-state index in [1.807, 2.05) is 0 Å². The van der Waals surface area contributed by atoms with Crippen molar-refractivity contribution >= 4 is 43.5 Å². The van der Waals surface area contributed by atoms with Crippen LogP contribution in [0.5, 0.6) is 0 Å². The van der Waals surface area contributed by atoms with E-state index in [0.717, 1.165) is 0 Å². The van der Waals surface area contributed by atoms with E-state index in [4.69, 9.17) is 11.6 Å². The lowest BCUT2D eigenvalue weighted by atomic mass is 9.78. The fourth-order valence-corrected chi connectivity index (χ4v) is 4.46. The summed E-state index contributed by atoms with van der Waals surface area (Å²) in [5, 5.41) is 1.32. The summed E-state index contributed by atoms with van der Waals surface area (Å²) in [4.78, 5) is 0. The maximum atomic E-state index is 14.2. The van der Waals surface area contributed by atoms with Gasteiger partial charge in [0.1, 0.15) is 11.6 Å². The van der Waals surface area contributed by atoms with Gasteiger partial charge < -0.3 is 0 Å². The SMILES string of the molecule is Fc1ccccc1C(CBr)(CBr)Cc1c(F)cccc1Cl. The average Bonchev–Trinajstić information content (AvgIpc) is 2.49. The standard InChI is InChI=1S/C16H13Br2ClF2/c17-9-16(10-18,12-4-1-2-6-15(12)21)8-11-13(19)5-3-7-14(11)20/h1-7H,8-10H2. The van der Waals surface area contributed by atoms with E-state index in [1.165, 1.54) is 12.1 Å². The minimum Gasteiger partial charge on any atom is -0.207 e. The first-order valence-corrected chi connectivity index (χ1v) is 8.96. The minimum atomic E-state index is -0.614. The van der Waals surface area contributed by atoms with Crippen molar-refractivity contribution in [1.29, 1.82) is 0 Å². The van der Waals surface area contributed by atoms with Gasteiger partial charge in [0, 0.05) is 26.7 Å². The van der Waals surface area contributed by atoms with Gasteiger partial charge in [-0.1, -0.05) is 67.7 Å². The van der Waals surface area contributed by atoms with Crippen molar-refractivity contribution in [3.63, 3.8) is 0 Å². The van der Waals surface area contributed by atoms with Crippen molar-refractivity contribution in [2.75, 3.05) is 10.7 Å². The Kier molecular flexibility index (Phi) is 5.81. The molecule has 2 aromatic carbocycles. The van der Waals surface area contributed by atoms with Crippen LogP contribution in [0.1, 0.15) is 11.1 Å². The molecule has 0 saturated heterocycles. The molecule has 5 heteroatoms. The predicted molar refractivity (Wildman–Crippen MR) is 90.8 cm³/mol. The molecule has 0 heterocycles. The zero-order chi connectivity index (χ0) is 15.5. The van der Waals surface area contributed by atoms with E-state index in [0.29, 0.717) is 33.2 Å². The van der Waals surface area contributed by atoms with Crippen LogP contribution >= 0.6 is 43.5 Å². The molecule has 0 bridgehead atoms. The van der Waals surface area contributed by atoms with Crippen LogP contribution in [0.4, 0.5) is 8.78 Å². The van der Waals surface area contributed by atoms with Gasteiger partial charge in [0.2, 0.25) is 0 Å². The first-order chi connectivity index (χ1) is 10.0. The second kappa shape index (κ2) is 7.21. The van der Waals surface area contributed by atoms with Gasteiger partial charge in [-0.05, 0) is 30.2 Å². The van der Waals surface area contributed by atoms with Gasteiger partial charge in [-0.2, -0.15) is 0 Å². The van der Waals surface area contributed by atoms with Crippen molar-refractivity contribution < 1.29 is 8.78 Å². The number of hydrogen-bond acceptors (Lipinski definition) is 0. The molecule has 0 spiro atoms. The van der Waals surface area contributed by atoms with E-state index in [2.05, 4.69) is 31.9 Å². The molecular formula is C16H13Br2ClF2. The molecule has 0 fully saturated rings. The largest absolute Gasteiger partial charge is 0.207 e. The highest BCUT2D eigenvalue weighted by Gasteiger charge is 2.34. The summed E-state index contributed by atoms with van der Waals surface area (Å²) in [6.07, 6.45) is 0.302. The van der Waals surface area contributed by atoms with E-state index < -0.39 is 5.41 Å². The summed E-state index contributed by atoms with van der Waals surface area (Å²) in [6, 6.07) is 11.1. The van der Waals surface area contributed by atoms with Crippen molar-refractivity contribution in [3.05, 3.63) is 70.2 Å². The van der Waals surface area contributed by atoms with E-state index in [9.17, 15) is 8.78 Å². The van der Waals surface area contributed by atoms with Gasteiger partial charge in [0.25, 0.3) is 0 Å². The molecule has 0 saturated carbocycles. The van der Waals surface area contributed by atoms with Gasteiger partial charge in [-0.3, -0.25) is 0 Å². The second-order valence-corrected chi connectivity index (χ2v) is 6.43. The zero-order valence-electron chi connectivity index (χ0n) is 11.1. The number of rotatable bonds is 5. The molecule has 0 aliphatic heterocycles. The highest BCUT2D eigenvalue weighted by atomic mass is 79.9. The molecule has 0 N–H and O–H groups in total. The fourth-order valence-electron chi connectivity index (χ4n) is 2.30. The quantitative estimate of drug-likeness (QED) is 0.511. The van der Waals surface area contributed by atoms with Gasteiger partial charge in [-0.25, -0.2) is 8.78 Å². The molecule has 0 radical (unpaired) electrons. The molecular weight excluding hydrogens is 425 g/mol. The Bertz CT molecular complexity index is 607. The number of alkyl halides is 2. The summed E-state index contributed by atoms with van der Waals surface area (Å²) in [5.74, 6) is -0.672. The summed E-state index contributed by atoms with van der Waals surface area (Å²) >= 11 is 13.0. The highest BCUT2D eigenvalue weighted by Crippen LogP contribution is 2.36. The maximum absolute atomic E-state index is 14.2. The van der Waals surface area contributed by atoms with Gasteiger partial charge in [0.05, 0.1) is 0 Å². The van der Waals surface area contributed by atoms with Crippen LogP contribution in [0.3, 0.4) is 0 Å². The van der Waals surface area contributed by atoms with Crippen molar-refractivity contribution in [1.82, 2.24) is 0 Å². The molecule has 0 atom stereocenters. The first-order valence-electron chi connectivity index (χ1n) is 6.34. The van der Waals surface area contributed by atoms with Crippen molar-refractivity contribution in [3.8, 4) is 0 Å². The Labute approximate surface area is 144 Å². The third kappa shape index (κ3) is 3.49. The summed E-state index contributed by atoms with van der Waals surface area (Å²) in [7, 11) is 0. The second-order valence-electron chi connectivity index (χ2n) is 4.90. The van der Waals surface area contributed by atoms with Crippen LogP contribution in [0.15, 0.2) is 42.5 Å². The third-order valence-corrected chi connectivity index (χ3v) is 6.03. The molecule has 0 aliphatic carbocycles. The fraction of sp³-hybridized carbons (Fsp3) is 0.250. The number of hydrogen-bond donors (Lipinski definition) is 0. The lowest BCUT2D eigenvalue weighted by Gasteiger charge is -2.31. The van der Waals surface area contributed by atoms with Gasteiger partial charge in [-0.15, -0.1) is 0 Å². The Morgan fingerprint density at radius 1 is 0.905 bits per heavy atom. The van der Waals surface area contributed by atoms with E-state index in [1.54, 1.807) is 30.3 Å². The molecule has 0 aromatic heterocycles. The Hall–Kier alpha value is -0.450. The van der Waals surface area contributed by atoms with E-state index in [-0.39, 0.29) is 11.6 Å². The van der Waals surface area contributed by atoms with Crippen LogP contribution in [-0.4, -0.2) is 10.7 Å². The molecule has 112 valence electrons. The maximum Gasteiger partial charge on any atom is 0.127 e. The monoisotopic (exact) mass is 436 g/mol.